The molecule has 0 N–H and O–H groups in total. The summed E-state index contributed by atoms with van der Waals surface area (Å²) in [6.45, 7) is 2.85. The number of carbonyl (C=O) groups excluding carboxylic acids is 3. The van der Waals surface area contributed by atoms with E-state index >= 15 is 0 Å². The molecule has 3 heterocycles. The number of hydrogen-bond donors (Lipinski definition) is 0. The number of halogens is 1. The molecule has 2 fully saturated rings. The molecule has 0 radical (unpaired) electrons. The summed E-state index contributed by atoms with van der Waals surface area (Å²) in [6, 6.07) is 4.54. The summed E-state index contributed by atoms with van der Waals surface area (Å²) < 4.78 is 21.6. The molecular weight excluding hydrogens is 437 g/mol. The monoisotopic (exact) mass is 461 g/mol. The van der Waals surface area contributed by atoms with Gasteiger partial charge in [-0.15, -0.1) is 5.10 Å². The Balaban J connectivity index is 1.37. The molecule has 2 saturated heterocycles. The lowest BCUT2D eigenvalue weighted by atomic mass is 10.1. The Morgan fingerprint density at radius 1 is 1.24 bits per heavy atom. The van der Waals surface area contributed by atoms with Crippen molar-refractivity contribution in [2.45, 2.75) is 32.4 Å². The molecule has 2 aliphatic heterocycles. The normalized spacial score (nSPS) is 18.9. The Morgan fingerprint density at radius 3 is 2.82 bits per heavy atom. The zero-order valence-electron chi connectivity index (χ0n) is 18.1. The second-order valence-corrected chi connectivity index (χ2v) is 7.82. The van der Waals surface area contributed by atoms with E-state index in [9.17, 15) is 18.8 Å². The van der Waals surface area contributed by atoms with Gasteiger partial charge in [0.2, 0.25) is 0 Å². The number of rotatable bonds is 7. The third-order valence-corrected chi connectivity index (χ3v) is 5.42. The number of amides is 2. The Hall–Kier alpha value is -3.61. The number of ketones is 1. The lowest BCUT2D eigenvalue weighted by Gasteiger charge is -2.24. The summed E-state index contributed by atoms with van der Waals surface area (Å²) in [5, 5.41) is 11.9. The molecule has 0 saturated carbocycles. The highest BCUT2D eigenvalue weighted by Gasteiger charge is 2.33. The van der Waals surface area contributed by atoms with E-state index < -0.39 is 18.0 Å². The molecule has 2 aromatic rings. The van der Waals surface area contributed by atoms with Crippen molar-refractivity contribution in [3.05, 3.63) is 30.3 Å². The van der Waals surface area contributed by atoms with Crippen molar-refractivity contribution < 1.29 is 28.3 Å². The number of carbonyl (C=O) groups is 3. The smallest absolute Gasteiger partial charge is 0.414 e. The lowest BCUT2D eigenvalue weighted by Crippen LogP contribution is -2.36. The highest BCUT2D eigenvalue weighted by molar-refractivity contribution is 5.90. The van der Waals surface area contributed by atoms with Crippen LogP contribution in [0.2, 0.25) is 0 Å². The first-order chi connectivity index (χ1) is 15.9. The van der Waals surface area contributed by atoms with E-state index in [0.717, 1.165) is 0 Å². The first-order valence-corrected chi connectivity index (χ1v) is 10.6. The van der Waals surface area contributed by atoms with Gasteiger partial charge in [-0.05, 0) is 42.0 Å². The van der Waals surface area contributed by atoms with Gasteiger partial charge >= 0.3 is 6.09 Å². The maximum atomic E-state index is 15.0. The molecule has 2 aliphatic rings. The van der Waals surface area contributed by atoms with Gasteiger partial charge in [-0.25, -0.2) is 18.9 Å². The molecular formula is C20H24FN7O5. The van der Waals surface area contributed by atoms with E-state index in [2.05, 4.69) is 15.5 Å². The predicted octanol–water partition coefficient (Wildman–Crippen LogP) is 0.787. The largest absolute Gasteiger partial charge is 0.444 e. The van der Waals surface area contributed by atoms with Gasteiger partial charge in [0.25, 0.3) is 5.91 Å². The number of nitrogens with zero attached hydrogens (tertiary/aromatic N) is 7. The van der Waals surface area contributed by atoms with Crippen LogP contribution in [-0.4, -0.2) is 81.9 Å². The molecule has 0 aliphatic carbocycles. The number of hydroxylamine groups is 2. The van der Waals surface area contributed by atoms with E-state index in [1.165, 1.54) is 34.0 Å². The molecule has 4 rings (SSSR count). The molecule has 176 valence electrons. The maximum absolute atomic E-state index is 15.0. The Morgan fingerprint density at radius 2 is 2.09 bits per heavy atom. The van der Waals surface area contributed by atoms with Crippen molar-refractivity contribution in [2.24, 2.45) is 0 Å². The number of hydrogen-bond acceptors (Lipinski definition) is 9. The fraction of sp³-hybridized carbons (Fsp3) is 0.500. The van der Waals surface area contributed by atoms with Gasteiger partial charge in [0, 0.05) is 19.5 Å². The van der Waals surface area contributed by atoms with Crippen molar-refractivity contribution in [1.29, 1.82) is 0 Å². The molecule has 0 unspecified atom stereocenters. The van der Waals surface area contributed by atoms with E-state index in [4.69, 9.17) is 9.57 Å². The summed E-state index contributed by atoms with van der Waals surface area (Å²) >= 11 is 0. The Bertz CT molecular complexity index is 1020. The zero-order valence-corrected chi connectivity index (χ0v) is 18.1. The van der Waals surface area contributed by atoms with Crippen LogP contribution in [0.25, 0.3) is 0 Å². The second-order valence-electron chi connectivity index (χ2n) is 7.82. The number of cyclic esters (lactones) is 1. The Labute approximate surface area is 188 Å². The number of ether oxygens (including phenoxy) is 1. The van der Waals surface area contributed by atoms with Gasteiger partial charge in [-0.2, -0.15) is 0 Å². The van der Waals surface area contributed by atoms with Crippen LogP contribution in [0.3, 0.4) is 0 Å². The minimum absolute atomic E-state index is 0.0250. The van der Waals surface area contributed by atoms with Crippen molar-refractivity contribution in [2.75, 3.05) is 42.6 Å². The lowest BCUT2D eigenvalue weighted by molar-refractivity contribution is -0.182. The minimum atomic E-state index is -0.560. The van der Waals surface area contributed by atoms with Crippen LogP contribution < -0.4 is 9.80 Å². The highest BCUT2D eigenvalue weighted by Crippen LogP contribution is 2.29. The SMILES string of the molecule is CC(=O)CC[C@H]1CN(c2ccc(N3CCON(C(=O)Cn4cnnn4)CC3)c(F)c2)C(=O)O1. The third kappa shape index (κ3) is 5.42. The summed E-state index contributed by atoms with van der Waals surface area (Å²) in [6.07, 6.45) is 1.14. The first kappa shape index (κ1) is 22.6. The summed E-state index contributed by atoms with van der Waals surface area (Å²) in [7, 11) is 0. The average molecular weight is 461 g/mol. The van der Waals surface area contributed by atoms with Crippen LogP contribution in [0.4, 0.5) is 20.6 Å². The van der Waals surface area contributed by atoms with Gasteiger partial charge in [0.15, 0.2) is 0 Å². The highest BCUT2D eigenvalue weighted by atomic mass is 19.1. The van der Waals surface area contributed by atoms with Crippen LogP contribution in [0, 0.1) is 5.82 Å². The number of anilines is 2. The van der Waals surface area contributed by atoms with Gasteiger partial charge in [0.05, 0.1) is 31.1 Å². The van der Waals surface area contributed by atoms with Crippen LogP contribution in [0.15, 0.2) is 24.5 Å². The van der Waals surface area contributed by atoms with Crippen LogP contribution in [0.1, 0.15) is 19.8 Å². The number of tetrazole rings is 1. The van der Waals surface area contributed by atoms with Gasteiger partial charge in [-0.1, -0.05) is 0 Å². The van der Waals surface area contributed by atoms with Gasteiger partial charge < -0.3 is 14.4 Å². The second kappa shape index (κ2) is 9.90. The summed E-state index contributed by atoms with van der Waals surface area (Å²) in [5.74, 6) is -0.787. The topological polar surface area (TPSA) is 123 Å². The molecule has 12 nitrogen and oxygen atoms in total. The molecule has 0 spiro atoms. The van der Waals surface area contributed by atoms with Crippen LogP contribution >= 0.6 is 0 Å². The van der Waals surface area contributed by atoms with Crippen molar-refractivity contribution in [1.82, 2.24) is 25.3 Å². The van der Waals surface area contributed by atoms with Crippen molar-refractivity contribution >= 4 is 29.2 Å². The molecule has 2 amide bonds. The number of aromatic nitrogens is 4. The molecule has 1 atom stereocenters. The number of benzene rings is 1. The van der Waals surface area contributed by atoms with E-state index in [-0.39, 0.29) is 37.9 Å². The fourth-order valence-corrected chi connectivity index (χ4v) is 3.72. The maximum Gasteiger partial charge on any atom is 0.414 e. The van der Waals surface area contributed by atoms with Crippen LogP contribution in [-0.2, 0) is 25.7 Å². The molecule has 1 aromatic carbocycles. The summed E-state index contributed by atoms with van der Waals surface area (Å²) in [4.78, 5) is 44.4. The van der Waals surface area contributed by atoms with Crippen LogP contribution in [0.5, 0.6) is 0 Å². The summed E-state index contributed by atoms with van der Waals surface area (Å²) in [5.41, 5.74) is 0.730. The van der Waals surface area contributed by atoms with Gasteiger partial charge in [-0.3, -0.25) is 14.5 Å². The quantitative estimate of drug-likeness (QED) is 0.589. The van der Waals surface area contributed by atoms with E-state index in [1.807, 2.05) is 0 Å². The van der Waals surface area contributed by atoms with E-state index in [1.54, 1.807) is 17.0 Å². The first-order valence-electron chi connectivity index (χ1n) is 10.6. The fourth-order valence-electron chi connectivity index (χ4n) is 3.72. The number of Topliss-reactive ketones (excluding diaryl/α,β-unsaturated/α-hetero) is 1. The van der Waals surface area contributed by atoms with Crippen molar-refractivity contribution in [3.63, 3.8) is 0 Å². The third-order valence-electron chi connectivity index (χ3n) is 5.42. The van der Waals surface area contributed by atoms with E-state index in [0.29, 0.717) is 37.3 Å². The molecule has 33 heavy (non-hydrogen) atoms. The predicted molar refractivity (Wildman–Crippen MR) is 112 cm³/mol. The molecule has 13 heteroatoms. The molecule has 0 bridgehead atoms. The Kier molecular flexibility index (Phi) is 6.77. The standard InChI is InChI=1S/C20H24FN7O5/c1-14(29)2-4-16-11-27(20(31)33-16)15-3-5-18(17(21)10-15)25-6-7-28(32-9-8-25)19(30)12-26-13-22-23-24-26/h3,5,10,13,16H,2,4,6-9,11-12H2,1H3/t16-/m0/s1. The zero-order chi connectivity index (χ0) is 23.4. The minimum Gasteiger partial charge on any atom is -0.444 e. The van der Waals surface area contributed by atoms with Gasteiger partial charge in [0.1, 0.15) is 30.6 Å². The van der Waals surface area contributed by atoms with Crippen molar-refractivity contribution in [3.8, 4) is 0 Å². The molecule has 1 aromatic heterocycles. The average Bonchev–Trinajstić information content (AvgIpc) is 3.35.